The molecule has 0 saturated carbocycles. The van der Waals surface area contributed by atoms with E-state index in [0.29, 0.717) is 6.42 Å². The second kappa shape index (κ2) is 9.94. The van der Waals surface area contributed by atoms with Gasteiger partial charge in [0, 0.05) is 6.42 Å². The summed E-state index contributed by atoms with van der Waals surface area (Å²) < 4.78 is 5.24. The zero-order valence-corrected chi connectivity index (χ0v) is 16.7. The molecule has 3 atom stereocenters. The molecule has 7 nitrogen and oxygen atoms in total. The normalized spacial score (nSPS) is 14.6. The third-order valence-corrected chi connectivity index (χ3v) is 4.11. The van der Waals surface area contributed by atoms with Crippen molar-refractivity contribution < 1.29 is 19.1 Å². The van der Waals surface area contributed by atoms with Gasteiger partial charge in [0.25, 0.3) is 0 Å². The molecule has 150 valence electrons. The van der Waals surface area contributed by atoms with E-state index < -0.39 is 35.6 Å². The van der Waals surface area contributed by atoms with Crippen LogP contribution >= 0.6 is 0 Å². The maximum absolute atomic E-state index is 12.8. The van der Waals surface area contributed by atoms with Gasteiger partial charge >= 0.3 is 6.09 Å². The number of carbonyl (C=O) groups excluding carboxylic acids is 3. The molecule has 27 heavy (non-hydrogen) atoms. The van der Waals surface area contributed by atoms with Gasteiger partial charge in [-0.2, -0.15) is 0 Å². The van der Waals surface area contributed by atoms with E-state index in [2.05, 4.69) is 10.6 Å². The number of carbonyl (C=O) groups is 3. The lowest BCUT2D eigenvalue weighted by atomic mass is 9.97. The molecule has 1 aromatic rings. The van der Waals surface area contributed by atoms with Crippen molar-refractivity contribution in [3.05, 3.63) is 35.9 Å². The maximum Gasteiger partial charge on any atom is 0.408 e. The van der Waals surface area contributed by atoms with Crippen LogP contribution in [0.5, 0.6) is 0 Å². The summed E-state index contributed by atoms with van der Waals surface area (Å²) in [6, 6.07) is 7.57. The first-order chi connectivity index (χ1) is 12.5. The van der Waals surface area contributed by atoms with Crippen LogP contribution in [0.1, 0.15) is 46.6 Å². The van der Waals surface area contributed by atoms with Crippen LogP contribution in [-0.4, -0.2) is 35.6 Å². The molecule has 4 N–H and O–H groups in total. The molecule has 0 unspecified atom stereocenters. The third kappa shape index (κ3) is 8.11. The number of nitrogens with two attached hydrogens (primary N) is 1. The van der Waals surface area contributed by atoms with Crippen LogP contribution in [0.25, 0.3) is 0 Å². The molecule has 0 fully saturated rings. The van der Waals surface area contributed by atoms with Crippen molar-refractivity contribution in [2.45, 2.75) is 65.1 Å². The van der Waals surface area contributed by atoms with Crippen molar-refractivity contribution in [1.82, 2.24) is 10.6 Å². The Balaban J connectivity index is 2.86. The molecule has 0 spiro atoms. The molecule has 7 heteroatoms. The SMILES string of the molecule is CC[C@H](C)[C@@H](NC(=O)OC(C)(C)C)C(=O)N[C@@H](Cc1ccccc1)C(N)=O. The second-order valence-electron chi connectivity index (χ2n) is 7.66. The van der Waals surface area contributed by atoms with E-state index in [1.165, 1.54) is 0 Å². The van der Waals surface area contributed by atoms with E-state index >= 15 is 0 Å². The number of alkyl carbamates (subject to hydrolysis) is 1. The van der Waals surface area contributed by atoms with Crippen molar-refractivity contribution in [3.8, 4) is 0 Å². The quantitative estimate of drug-likeness (QED) is 0.644. The third-order valence-electron chi connectivity index (χ3n) is 4.11. The molecule has 0 radical (unpaired) electrons. The van der Waals surface area contributed by atoms with Gasteiger partial charge < -0.3 is 21.1 Å². The number of amides is 3. The van der Waals surface area contributed by atoms with Crippen LogP contribution in [-0.2, 0) is 20.7 Å². The van der Waals surface area contributed by atoms with Crippen molar-refractivity contribution in [2.75, 3.05) is 0 Å². The highest BCUT2D eigenvalue weighted by molar-refractivity contribution is 5.91. The number of hydrogen-bond donors (Lipinski definition) is 3. The average molecular weight is 377 g/mol. The van der Waals surface area contributed by atoms with Crippen LogP contribution in [0.15, 0.2) is 30.3 Å². The molecule has 0 aromatic heterocycles. The Bertz CT molecular complexity index is 640. The second-order valence-corrected chi connectivity index (χ2v) is 7.66. The highest BCUT2D eigenvalue weighted by Crippen LogP contribution is 2.12. The van der Waals surface area contributed by atoms with E-state index in [0.717, 1.165) is 5.56 Å². The summed E-state index contributed by atoms with van der Waals surface area (Å²) in [7, 11) is 0. The molecule has 1 aromatic carbocycles. The molecule has 0 aliphatic heterocycles. The Hall–Kier alpha value is -2.57. The Morgan fingerprint density at radius 1 is 1.11 bits per heavy atom. The summed E-state index contributed by atoms with van der Waals surface area (Å²) in [6.45, 7) is 8.99. The van der Waals surface area contributed by atoms with E-state index in [-0.39, 0.29) is 12.3 Å². The van der Waals surface area contributed by atoms with E-state index in [4.69, 9.17) is 10.5 Å². The Morgan fingerprint density at radius 2 is 1.70 bits per heavy atom. The summed E-state index contributed by atoms with van der Waals surface area (Å²) in [5.41, 5.74) is 5.66. The predicted octanol–water partition coefficient (Wildman–Crippen LogP) is 2.14. The molecule has 0 heterocycles. The largest absolute Gasteiger partial charge is 0.444 e. The molecule has 0 aliphatic carbocycles. The summed E-state index contributed by atoms with van der Waals surface area (Å²) in [5, 5.41) is 5.27. The molecule has 0 aliphatic rings. The lowest BCUT2D eigenvalue weighted by molar-refractivity contribution is -0.129. The number of primary amides is 1. The van der Waals surface area contributed by atoms with Crippen molar-refractivity contribution in [2.24, 2.45) is 11.7 Å². The van der Waals surface area contributed by atoms with Crippen LogP contribution in [0, 0.1) is 5.92 Å². The number of ether oxygens (including phenoxy) is 1. The van der Waals surface area contributed by atoms with Gasteiger partial charge in [-0.1, -0.05) is 50.6 Å². The summed E-state index contributed by atoms with van der Waals surface area (Å²) in [6.07, 6.45) is 0.261. The van der Waals surface area contributed by atoms with Crippen LogP contribution in [0.4, 0.5) is 4.79 Å². The van der Waals surface area contributed by atoms with Gasteiger partial charge in [-0.05, 0) is 32.3 Å². The summed E-state index contributed by atoms with van der Waals surface area (Å²) >= 11 is 0. The maximum atomic E-state index is 12.8. The minimum absolute atomic E-state index is 0.150. The first-order valence-corrected chi connectivity index (χ1v) is 9.16. The topological polar surface area (TPSA) is 111 Å². The molecular formula is C20H31N3O4. The van der Waals surface area contributed by atoms with Gasteiger partial charge in [-0.25, -0.2) is 4.79 Å². The zero-order chi connectivity index (χ0) is 20.6. The monoisotopic (exact) mass is 377 g/mol. The van der Waals surface area contributed by atoms with Gasteiger partial charge in [0.2, 0.25) is 11.8 Å². The van der Waals surface area contributed by atoms with E-state index in [9.17, 15) is 14.4 Å². The molecular weight excluding hydrogens is 346 g/mol. The van der Waals surface area contributed by atoms with Gasteiger partial charge in [-0.3, -0.25) is 9.59 Å². The van der Waals surface area contributed by atoms with Gasteiger partial charge in [0.1, 0.15) is 17.7 Å². The fourth-order valence-corrected chi connectivity index (χ4v) is 2.47. The lowest BCUT2D eigenvalue weighted by Gasteiger charge is -2.27. The predicted molar refractivity (Wildman–Crippen MR) is 104 cm³/mol. The Kier molecular flexibility index (Phi) is 8.28. The standard InChI is InChI=1S/C20H31N3O4/c1-6-13(2)16(23-19(26)27-20(3,4)5)18(25)22-15(17(21)24)12-14-10-8-7-9-11-14/h7-11,13,15-16H,6,12H2,1-5H3,(H2,21,24)(H,22,25)(H,23,26)/t13-,15-,16+/m0/s1. The molecule has 0 bridgehead atoms. The van der Waals surface area contributed by atoms with E-state index in [1.54, 1.807) is 20.8 Å². The molecule has 3 amide bonds. The first-order valence-electron chi connectivity index (χ1n) is 9.16. The molecule has 0 saturated heterocycles. The first kappa shape index (κ1) is 22.5. The highest BCUT2D eigenvalue weighted by atomic mass is 16.6. The zero-order valence-electron chi connectivity index (χ0n) is 16.7. The number of nitrogens with one attached hydrogen (secondary N) is 2. The van der Waals surface area contributed by atoms with Crippen molar-refractivity contribution in [3.63, 3.8) is 0 Å². The van der Waals surface area contributed by atoms with E-state index in [1.807, 2.05) is 44.2 Å². The Morgan fingerprint density at radius 3 is 2.19 bits per heavy atom. The lowest BCUT2D eigenvalue weighted by Crippen LogP contribution is -2.56. The average Bonchev–Trinajstić information content (AvgIpc) is 2.57. The minimum atomic E-state index is -0.869. The minimum Gasteiger partial charge on any atom is -0.444 e. The highest BCUT2D eigenvalue weighted by Gasteiger charge is 2.30. The number of rotatable bonds is 8. The smallest absolute Gasteiger partial charge is 0.408 e. The number of hydrogen-bond acceptors (Lipinski definition) is 4. The van der Waals surface area contributed by atoms with Gasteiger partial charge in [-0.15, -0.1) is 0 Å². The van der Waals surface area contributed by atoms with Gasteiger partial charge in [0.05, 0.1) is 0 Å². The van der Waals surface area contributed by atoms with Crippen molar-refractivity contribution >= 4 is 17.9 Å². The fraction of sp³-hybridized carbons (Fsp3) is 0.550. The van der Waals surface area contributed by atoms with Crippen LogP contribution in [0.2, 0.25) is 0 Å². The fourth-order valence-electron chi connectivity index (χ4n) is 2.47. The van der Waals surface area contributed by atoms with Crippen LogP contribution < -0.4 is 16.4 Å². The van der Waals surface area contributed by atoms with Crippen LogP contribution in [0.3, 0.4) is 0 Å². The number of benzene rings is 1. The summed E-state index contributed by atoms with van der Waals surface area (Å²) in [5.74, 6) is -1.25. The van der Waals surface area contributed by atoms with Crippen molar-refractivity contribution in [1.29, 1.82) is 0 Å². The molecule has 1 rings (SSSR count). The van der Waals surface area contributed by atoms with Gasteiger partial charge in [0.15, 0.2) is 0 Å². The summed E-state index contributed by atoms with van der Waals surface area (Å²) in [4.78, 5) is 36.7. The Labute approximate surface area is 161 Å².